The number of aryl methyl sites for hydroxylation is 1. The Labute approximate surface area is 163 Å². The Balaban J connectivity index is 1.73. The van der Waals surface area contributed by atoms with E-state index in [1.165, 1.54) is 0 Å². The number of aliphatic hydroxyl groups is 1. The molecule has 1 aliphatic rings. The predicted octanol–water partition coefficient (Wildman–Crippen LogP) is 3.99. The maximum atomic E-state index is 10.6. The van der Waals surface area contributed by atoms with E-state index in [2.05, 4.69) is 4.98 Å². The molecule has 1 aromatic heterocycles. The molecular weight excluding hydrogens is 375 g/mol. The number of rotatable bonds is 5. The van der Waals surface area contributed by atoms with Crippen LogP contribution >= 0.6 is 23.2 Å². The van der Waals surface area contributed by atoms with Crippen molar-refractivity contribution in [1.82, 2.24) is 4.98 Å². The molecule has 0 saturated carbocycles. The van der Waals surface area contributed by atoms with Crippen molar-refractivity contribution in [3.8, 4) is 5.88 Å². The van der Waals surface area contributed by atoms with Crippen LogP contribution in [0.15, 0.2) is 30.5 Å². The number of nitrogens with zero attached hydrogens (tertiary/aromatic N) is 1. The topological polar surface area (TPSA) is 77.6 Å². The first-order valence-electron chi connectivity index (χ1n) is 8.55. The lowest BCUT2D eigenvalue weighted by atomic mass is 9.97. The predicted molar refractivity (Wildman–Crippen MR) is 102 cm³/mol. The van der Waals surface area contributed by atoms with Gasteiger partial charge in [0.1, 0.15) is 6.10 Å². The average Bonchev–Trinajstić information content (AvgIpc) is 2.65. The van der Waals surface area contributed by atoms with Gasteiger partial charge in [0.15, 0.2) is 0 Å². The van der Waals surface area contributed by atoms with Crippen LogP contribution in [0.5, 0.6) is 5.88 Å². The maximum Gasteiger partial charge on any atom is 0.216 e. The van der Waals surface area contributed by atoms with E-state index in [9.17, 15) is 5.11 Å². The summed E-state index contributed by atoms with van der Waals surface area (Å²) >= 11 is 12.0. The van der Waals surface area contributed by atoms with Gasteiger partial charge in [-0.3, -0.25) is 0 Å². The molecule has 1 fully saturated rings. The first-order valence-corrected chi connectivity index (χ1v) is 9.31. The van der Waals surface area contributed by atoms with Gasteiger partial charge in [-0.2, -0.15) is 0 Å². The summed E-state index contributed by atoms with van der Waals surface area (Å²) in [5, 5.41) is 11.5. The summed E-state index contributed by atoms with van der Waals surface area (Å²) in [7, 11) is 0. The van der Waals surface area contributed by atoms with Crippen molar-refractivity contribution in [1.29, 1.82) is 0 Å². The van der Waals surface area contributed by atoms with E-state index in [0.717, 1.165) is 18.4 Å². The molecule has 0 radical (unpaired) electrons. The van der Waals surface area contributed by atoms with Gasteiger partial charge in [-0.25, -0.2) is 4.98 Å². The van der Waals surface area contributed by atoms with Crippen molar-refractivity contribution in [2.75, 3.05) is 13.2 Å². The summed E-state index contributed by atoms with van der Waals surface area (Å²) < 4.78 is 11.3. The second-order valence-corrected chi connectivity index (χ2v) is 7.28. The molecule has 3 N–H and O–H groups in total. The van der Waals surface area contributed by atoms with Gasteiger partial charge in [-0.1, -0.05) is 29.3 Å². The summed E-state index contributed by atoms with van der Waals surface area (Å²) in [6, 6.07) is 6.29. The van der Waals surface area contributed by atoms with Gasteiger partial charge >= 0.3 is 0 Å². The molecule has 0 spiro atoms. The normalized spacial score (nSPS) is 17.7. The molecule has 2 heterocycles. The number of aliphatic hydroxyl groups excluding tert-OH is 1. The number of benzene rings is 1. The largest absolute Gasteiger partial charge is 0.474 e. The third-order valence-corrected chi connectivity index (χ3v) is 5.25. The maximum absolute atomic E-state index is 10.6. The first kappa shape index (κ1) is 19.4. The van der Waals surface area contributed by atoms with E-state index in [1.807, 2.05) is 13.0 Å². The van der Waals surface area contributed by atoms with E-state index >= 15 is 0 Å². The summed E-state index contributed by atoms with van der Waals surface area (Å²) in [6.07, 6.45) is 2.50. The van der Waals surface area contributed by atoms with Gasteiger partial charge in [-0.05, 0) is 30.7 Å². The SMILES string of the molecule is Cc1cc(C(O)C(N)c2ccc(Cl)c(Cl)c2)cnc1OC1CCOCC1. The Kier molecular flexibility index (Phi) is 6.37. The van der Waals surface area contributed by atoms with Crippen LogP contribution < -0.4 is 10.5 Å². The summed E-state index contributed by atoms with van der Waals surface area (Å²) in [5.41, 5.74) is 8.38. The van der Waals surface area contributed by atoms with Crippen LogP contribution in [-0.2, 0) is 4.74 Å². The fraction of sp³-hybridized carbons (Fsp3) is 0.421. The molecule has 0 bridgehead atoms. The summed E-state index contributed by atoms with van der Waals surface area (Å²) in [5.74, 6) is 0.580. The molecule has 1 saturated heterocycles. The number of pyridine rings is 1. The highest BCUT2D eigenvalue weighted by molar-refractivity contribution is 6.42. The summed E-state index contributed by atoms with van der Waals surface area (Å²) in [4.78, 5) is 4.38. The Morgan fingerprint density at radius 2 is 1.92 bits per heavy atom. The van der Waals surface area contributed by atoms with Gasteiger partial charge < -0.3 is 20.3 Å². The smallest absolute Gasteiger partial charge is 0.216 e. The van der Waals surface area contributed by atoms with Crippen LogP contribution in [0.1, 0.15) is 41.7 Å². The molecule has 2 unspecified atom stereocenters. The van der Waals surface area contributed by atoms with Crippen LogP contribution in [0.4, 0.5) is 0 Å². The summed E-state index contributed by atoms with van der Waals surface area (Å²) in [6.45, 7) is 3.32. The Morgan fingerprint density at radius 1 is 1.19 bits per heavy atom. The number of aromatic nitrogens is 1. The van der Waals surface area contributed by atoms with E-state index in [4.69, 9.17) is 38.4 Å². The van der Waals surface area contributed by atoms with Crippen molar-refractivity contribution in [2.24, 2.45) is 5.73 Å². The van der Waals surface area contributed by atoms with E-state index in [-0.39, 0.29) is 6.10 Å². The van der Waals surface area contributed by atoms with Gasteiger partial charge in [-0.15, -0.1) is 0 Å². The molecule has 1 aliphatic heterocycles. The zero-order valence-electron chi connectivity index (χ0n) is 14.5. The molecule has 140 valence electrons. The average molecular weight is 397 g/mol. The molecule has 0 aliphatic carbocycles. The first-order chi connectivity index (χ1) is 12.5. The lowest BCUT2D eigenvalue weighted by Crippen LogP contribution is -2.26. The van der Waals surface area contributed by atoms with Crippen molar-refractivity contribution in [2.45, 2.75) is 38.0 Å². The highest BCUT2D eigenvalue weighted by atomic mass is 35.5. The highest BCUT2D eigenvalue weighted by Gasteiger charge is 2.22. The van der Waals surface area contributed by atoms with E-state index in [1.54, 1.807) is 24.4 Å². The lowest BCUT2D eigenvalue weighted by molar-refractivity contribution is 0.0234. The number of ether oxygens (including phenoxy) is 2. The van der Waals surface area contributed by atoms with Gasteiger partial charge in [0.2, 0.25) is 5.88 Å². The Morgan fingerprint density at radius 3 is 2.58 bits per heavy atom. The minimum atomic E-state index is -0.921. The lowest BCUT2D eigenvalue weighted by Gasteiger charge is -2.24. The van der Waals surface area contributed by atoms with Crippen molar-refractivity contribution in [3.05, 3.63) is 57.2 Å². The molecule has 3 rings (SSSR count). The van der Waals surface area contributed by atoms with E-state index < -0.39 is 12.1 Å². The van der Waals surface area contributed by atoms with Crippen molar-refractivity contribution < 1.29 is 14.6 Å². The molecular formula is C19H22Cl2N2O3. The standard InChI is InChI=1S/C19H22Cl2N2O3/c1-11-8-13(10-23-19(11)26-14-4-6-25-7-5-14)18(24)17(22)12-2-3-15(20)16(21)9-12/h2-3,8-10,14,17-18,24H,4-7,22H2,1H3. The van der Waals surface area contributed by atoms with Crippen molar-refractivity contribution in [3.63, 3.8) is 0 Å². The molecule has 1 aromatic carbocycles. The third-order valence-electron chi connectivity index (χ3n) is 4.51. The second-order valence-electron chi connectivity index (χ2n) is 6.46. The highest BCUT2D eigenvalue weighted by Crippen LogP contribution is 2.32. The number of nitrogens with two attached hydrogens (primary N) is 1. The van der Waals surface area contributed by atoms with Crippen molar-refractivity contribution >= 4 is 23.2 Å². The molecule has 5 nitrogen and oxygen atoms in total. The molecule has 2 atom stereocenters. The molecule has 0 amide bonds. The second kappa shape index (κ2) is 8.55. The van der Waals surface area contributed by atoms with Gasteiger partial charge in [0.25, 0.3) is 0 Å². The van der Waals surface area contributed by atoms with Crippen LogP contribution in [0.2, 0.25) is 10.0 Å². The van der Waals surface area contributed by atoms with Crippen LogP contribution in [-0.4, -0.2) is 29.4 Å². The van der Waals surface area contributed by atoms with E-state index in [0.29, 0.717) is 40.3 Å². The minimum absolute atomic E-state index is 0.115. The molecule has 7 heteroatoms. The quantitative estimate of drug-likeness (QED) is 0.798. The zero-order chi connectivity index (χ0) is 18.7. The monoisotopic (exact) mass is 396 g/mol. The molecule has 2 aromatic rings. The zero-order valence-corrected chi connectivity index (χ0v) is 16.0. The van der Waals surface area contributed by atoms with Crippen LogP contribution in [0.3, 0.4) is 0 Å². The van der Waals surface area contributed by atoms with Crippen LogP contribution in [0, 0.1) is 6.92 Å². The Hall–Kier alpha value is -1.37. The number of hydrogen-bond donors (Lipinski definition) is 2. The van der Waals surface area contributed by atoms with Crippen LogP contribution in [0.25, 0.3) is 0 Å². The number of halogens is 2. The molecule has 26 heavy (non-hydrogen) atoms. The number of hydrogen-bond acceptors (Lipinski definition) is 5. The van der Waals surface area contributed by atoms with Gasteiger partial charge in [0, 0.05) is 30.2 Å². The fourth-order valence-corrected chi connectivity index (χ4v) is 3.24. The Bertz CT molecular complexity index is 766. The third kappa shape index (κ3) is 4.48. The van der Waals surface area contributed by atoms with Gasteiger partial charge in [0.05, 0.1) is 35.4 Å². The minimum Gasteiger partial charge on any atom is -0.474 e. The fourth-order valence-electron chi connectivity index (χ4n) is 2.93.